The number of ether oxygens (including phenoxy) is 1. The van der Waals surface area contributed by atoms with Crippen molar-refractivity contribution in [3.63, 3.8) is 0 Å². The van der Waals surface area contributed by atoms with E-state index in [1.807, 2.05) is 0 Å². The van der Waals surface area contributed by atoms with Gasteiger partial charge in [-0.25, -0.2) is 0 Å². The highest BCUT2D eigenvalue weighted by molar-refractivity contribution is 5.29. The maximum absolute atomic E-state index is 12.2. The zero-order valence-corrected chi connectivity index (χ0v) is 13.1. The standard InChI is InChI=1S/C16H24F3NO/c1-5-11-20(12(3)4)15(6-2)13-7-9-14(10-8-13)21-16(17,18)19/h7-10,12,15H,5-6,11H2,1-4H3. The molecule has 1 rings (SSSR count). The summed E-state index contributed by atoms with van der Waals surface area (Å²) in [5.74, 6) is -0.173. The van der Waals surface area contributed by atoms with Crippen molar-refractivity contribution in [2.75, 3.05) is 6.54 Å². The van der Waals surface area contributed by atoms with E-state index < -0.39 is 6.36 Å². The van der Waals surface area contributed by atoms with Crippen molar-refractivity contribution in [3.8, 4) is 5.75 Å². The quantitative estimate of drug-likeness (QED) is 0.690. The lowest BCUT2D eigenvalue weighted by molar-refractivity contribution is -0.274. The Kier molecular flexibility index (Phi) is 6.52. The van der Waals surface area contributed by atoms with Crippen molar-refractivity contribution < 1.29 is 17.9 Å². The van der Waals surface area contributed by atoms with Crippen molar-refractivity contribution in [2.24, 2.45) is 0 Å². The van der Waals surface area contributed by atoms with Gasteiger partial charge in [-0.3, -0.25) is 4.90 Å². The molecule has 0 aliphatic rings. The summed E-state index contributed by atoms with van der Waals surface area (Å²) in [6.07, 6.45) is -2.68. The molecule has 0 aromatic heterocycles. The Hall–Kier alpha value is -1.23. The summed E-state index contributed by atoms with van der Waals surface area (Å²) in [7, 11) is 0. The SMILES string of the molecule is CCCN(C(C)C)C(CC)c1ccc(OC(F)(F)F)cc1. The Morgan fingerprint density at radius 2 is 1.67 bits per heavy atom. The summed E-state index contributed by atoms with van der Waals surface area (Å²) in [5, 5.41) is 0. The second-order valence-electron chi connectivity index (χ2n) is 5.37. The fourth-order valence-electron chi connectivity index (χ4n) is 2.59. The summed E-state index contributed by atoms with van der Waals surface area (Å²) >= 11 is 0. The van der Waals surface area contributed by atoms with Gasteiger partial charge in [0.25, 0.3) is 0 Å². The number of hydrogen-bond donors (Lipinski definition) is 0. The van der Waals surface area contributed by atoms with E-state index >= 15 is 0 Å². The Labute approximate surface area is 124 Å². The van der Waals surface area contributed by atoms with Crippen LogP contribution in [0.3, 0.4) is 0 Å². The van der Waals surface area contributed by atoms with Crippen molar-refractivity contribution in [3.05, 3.63) is 29.8 Å². The van der Waals surface area contributed by atoms with Crippen LogP contribution >= 0.6 is 0 Å². The fraction of sp³-hybridized carbons (Fsp3) is 0.625. The first-order valence-electron chi connectivity index (χ1n) is 7.40. The van der Waals surface area contributed by atoms with Crippen LogP contribution in [0.25, 0.3) is 0 Å². The molecule has 0 saturated heterocycles. The Bertz CT molecular complexity index is 415. The molecule has 5 heteroatoms. The van der Waals surface area contributed by atoms with Crippen LogP contribution in [0.4, 0.5) is 13.2 Å². The highest BCUT2D eigenvalue weighted by atomic mass is 19.4. The van der Waals surface area contributed by atoms with Gasteiger partial charge in [0.2, 0.25) is 0 Å². The van der Waals surface area contributed by atoms with Crippen LogP contribution in [-0.2, 0) is 0 Å². The van der Waals surface area contributed by atoms with Gasteiger partial charge in [-0.2, -0.15) is 0 Å². The fourth-order valence-corrected chi connectivity index (χ4v) is 2.59. The van der Waals surface area contributed by atoms with Crippen LogP contribution in [0.1, 0.15) is 52.1 Å². The molecule has 0 heterocycles. The molecule has 0 spiro atoms. The van der Waals surface area contributed by atoms with Crippen molar-refractivity contribution >= 4 is 0 Å². The molecule has 1 atom stereocenters. The minimum Gasteiger partial charge on any atom is -0.406 e. The lowest BCUT2D eigenvalue weighted by Crippen LogP contribution is -2.35. The average molecular weight is 303 g/mol. The van der Waals surface area contributed by atoms with Crippen LogP contribution in [0.5, 0.6) is 5.75 Å². The van der Waals surface area contributed by atoms with Gasteiger partial charge < -0.3 is 4.74 Å². The Morgan fingerprint density at radius 3 is 2.05 bits per heavy atom. The van der Waals surface area contributed by atoms with Crippen molar-refractivity contribution in [2.45, 2.75) is 59.0 Å². The zero-order chi connectivity index (χ0) is 16.0. The summed E-state index contributed by atoms with van der Waals surface area (Å²) in [6.45, 7) is 9.47. The summed E-state index contributed by atoms with van der Waals surface area (Å²) in [5.41, 5.74) is 1.02. The van der Waals surface area contributed by atoms with E-state index in [9.17, 15) is 13.2 Å². The van der Waals surface area contributed by atoms with E-state index in [0.717, 1.165) is 24.9 Å². The molecular weight excluding hydrogens is 279 g/mol. The topological polar surface area (TPSA) is 12.5 Å². The van der Waals surface area contributed by atoms with Gasteiger partial charge in [-0.15, -0.1) is 13.2 Å². The van der Waals surface area contributed by atoms with E-state index in [1.54, 1.807) is 12.1 Å². The highest BCUT2D eigenvalue weighted by Gasteiger charge is 2.31. The summed E-state index contributed by atoms with van der Waals surface area (Å²) in [6, 6.07) is 6.82. The Balaban J connectivity index is 2.90. The van der Waals surface area contributed by atoms with Crippen LogP contribution < -0.4 is 4.74 Å². The monoisotopic (exact) mass is 303 g/mol. The molecule has 0 aliphatic heterocycles. The first-order valence-corrected chi connectivity index (χ1v) is 7.40. The van der Waals surface area contributed by atoms with Gasteiger partial charge in [0.15, 0.2) is 0 Å². The number of halogens is 3. The first kappa shape index (κ1) is 17.8. The van der Waals surface area contributed by atoms with Crippen molar-refractivity contribution in [1.82, 2.24) is 4.90 Å². The molecular formula is C16H24F3NO. The maximum Gasteiger partial charge on any atom is 0.573 e. The molecule has 120 valence electrons. The number of rotatable bonds is 7. The number of nitrogens with zero attached hydrogens (tertiary/aromatic N) is 1. The molecule has 0 radical (unpaired) electrons. The minimum atomic E-state index is -4.64. The normalized spacial score (nSPS) is 13.8. The third-order valence-corrected chi connectivity index (χ3v) is 3.43. The maximum atomic E-state index is 12.2. The van der Waals surface area contributed by atoms with E-state index in [0.29, 0.717) is 6.04 Å². The molecule has 0 saturated carbocycles. The van der Waals surface area contributed by atoms with E-state index in [4.69, 9.17) is 0 Å². The smallest absolute Gasteiger partial charge is 0.406 e. The van der Waals surface area contributed by atoms with Gasteiger partial charge in [0.05, 0.1) is 0 Å². The largest absolute Gasteiger partial charge is 0.573 e. The molecule has 0 N–H and O–H groups in total. The van der Waals surface area contributed by atoms with Crippen LogP contribution in [0, 0.1) is 0 Å². The van der Waals surface area contributed by atoms with Crippen LogP contribution in [0.2, 0.25) is 0 Å². The molecule has 1 unspecified atom stereocenters. The molecule has 0 amide bonds. The molecule has 1 aromatic rings. The third-order valence-electron chi connectivity index (χ3n) is 3.43. The second kappa shape index (κ2) is 7.69. The van der Waals surface area contributed by atoms with E-state index in [1.165, 1.54) is 12.1 Å². The van der Waals surface area contributed by atoms with Gasteiger partial charge in [-0.05, 0) is 50.9 Å². The molecule has 2 nitrogen and oxygen atoms in total. The molecule has 1 aromatic carbocycles. The van der Waals surface area contributed by atoms with Gasteiger partial charge in [0.1, 0.15) is 5.75 Å². The summed E-state index contributed by atoms with van der Waals surface area (Å²) in [4.78, 5) is 2.37. The predicted octanol–water partition coefficient (Wildman–Crippen LogP) is 5.16. The van der Waals surface area contributed by atoms with Gasteiger partial charge in [-0.1, -0.05) is 26.0 Å². The number of benzene rings is 1. The first-order chi connectivity index (χ1) is 9.78. The molecule has 0 bridgehead atoms. The molecule has 0 fully saturated rings. The second-order valence-corrected chi connectivity index (χ2v) is 5.37. The third kappa shape index (κ3) is 5.58. The molecule has 0 aliphatic carbocycles. The molecule has 21 heavy (non-hydrogen) atoms. The van der Waals surface area contributed by atoms with Gasteiger partial charge in [0, 0.05) is 12.1 Å². The lowest BCUT2D eigenvalue weighted by Gasteiger charge is -2.34. The van der Waals surface area contributed by atoms with Crippen LogP contribution in [0.15, 0.2) is 24.3 Å². The Morgan fingerprint density at radius 1 is 1.10 bits per heavy atom. The average Bonchev–Trinajstić information content (AvgIpc) is 2.38. The zero-order valence-electron chi connectivity index (χ0n) is 13.1. The van der Waals surface area contributed by atoms with Gasteiger partial charge >= 0.3 is 6.36 Å². The predicted molar refractivity (Wildman–Crippen MR) is 78.3 cm³/mol. The summed E-state index contributed by atoms with van der Waals surface area (Å²) < 4.78 is 40.4. The number of hydrogen-bond acceptors (Lipinski definition) is 2. The minimum absolute atomic E-state index is 0.173. The van der Waals surface area contributed by atoms with Crippen molar-refractivity contribution in [1.29, 1.82) is 0 Å². The highest BCUT2D eigenvalue weighted by Crippen LogP contribution is 2.29. The van der Waals surface area contributed by atoms with Crippen LogP contribution in [-0.4, -0.2) is 23.8 Å². The van der Waals surface area contributed by atoms with E-state index in [2.05, 4.69) is 37.3 Å². The number of alkyl halides is 3. The van der Waals surface area contributed by atoms with E-state index in [-0.39, 0.29) is 11.8 Å². The lowest BCUT2D eigenvalue weighted by atomic mass is 10.0.